The molecule has 1 atom stereocenters. The zero-order valence-electron chi connectivity index (χ0n) is 11.9. The molecule has 8 heteroatoms. The first-order valence-corrected chi connectivity index (χ1v) is 7.40. The number of hydrogen-bond donors (Lipinski definition) is 3. The van der Waals surface area contributed by atoms with Crippen LogP contribution >= 0.6 is 22.9 Å². The molecule has 0 aromatic carbocycles. The van der Waals surface area contributed by atoms with E-state index < -0.39 is 23.3 Å². The Morgan fingerprint density at radius 3 is 2.48 bits per heavy atom. The zero-order valence-corrected chi connectivity index (χ0v) is 13.5. The minimum atomic E-state index is -1.22. The summed E-state index contributed by atoms with van der Waals surface area (Å²) >= 11 is 7.14. The van der Waals surface area contributed by atoms with Gasteiger partial charge in [-0.05, 0) is 32.9 Å². The monoisotopic (exact) mass is 332 g/mol. The van der Waals surface area contributed by atoms with Crippen molar-refractivity contribution < 1.29 is 19.5 Å². The molecule has 1 aromatic heterocycles. The molecule has 116 valence electrons. The molecule has 0 bridgehead atoms. The second kappa shape index (κ2) is 6.91. The average Bonchev–Trinajstić information content (AvgIpc) is 2.74. The molecule has 0 radical (unpaired) electrons. The third kappa shape index (κ3) is 5.35. The van der Waals surface area contributed by atoms with Crippen molar-refractivity contribution in [1.82, 2.24) is 10.6 Å². The Kier molecular flexibility index (Phi) is 5.74. The van der Waals surface area contributed by atoms with Gasteiger partial charge in [-0.1, -0.05) is 11.6 Å². The summed E-state index contributed by atoms with van der Waals surface area (Å²) in [6, 6.07) is 2.53. The molecule has 21 heavy (non-hydrogen) atoms. The van der Waals surface area contributed by atoms with E-state index >= 15 is 0 Å². The zero-order chi connectivity index (χ0) is 16.2. The Hall–Kier alpha value is -1.60. The molecular weight excluding hydrogens is 316 g/mol. The van der Waals surface area contributed by atoms with E-state index in [2.05, 4.69) is 10.6 Å². The number of hydrogen-bond acceptors (Lipinski definition) is 4. The molecule has 0 aliphatic heterocycles. The fourth-order valence-corrected chi connectivity index (χ4v) is 2.58. The minimum absolute atomic E-state index is 0.283. The highest BCUT2D eigenvalue weighted by molar-refractivity contribution is 7.16. The van der Waals surface area contributed by atoms with Gasteiger partial charge < -0.3 is 10.4 Å². The molecule has 1 aromatic rings. The molecule has 1 rings (SSSR count). The van der Waals surface area contributed by atoms with E-state index in [1.165, 1.54) is 25.2 Å². The lowest BCUT2D eigenvalue weighted by Gasteiger charge is -2.18. The number of rotatable bonds is 5. The van der Waals surface area contributed by atoms with Gasteiger partial charge in [0.25, 0.3) is 0 Å². The topological polar surface area (TPSA) is 95.5 Å². The summed E-state index contributed by atoms with van der Waals surface area (Å²) < 4.78 is 0.610. The lowest BCUT2D eigenvalue weighted by Crippen LogP contribution is -2.42. The third-order valence-corrected chi connectivity index (χ3v) is 4.22. The number of carbonyl (C=O) groups is 3. The minimum Gasteiger partial charge on any atom is -0.481 e. The van der Waals surface area contributed by atoms with Crippen molar-refractivity contribution in [3.05, 3.63) is 21.3 Å². The van der Waals surface area contributed by atoms with Crippen LogP contribution in [0, 0.1) is 5.41 Å². The van der Waals surface area contributed by atoms with Gasteiger partial charge in [0.1, 0.15) is 0 Å². The summed E-state index contributed by atoms with van der Waals surface area (Å²) in [5.74, 6) is -1.74. The van der Waals surface area contributed by atoms with Crippen molar-refractivity contribution in [2.75, 3.05) is 0 Å². The summed E-state index contributed by atoms with van der Waals surface area (Å²) in [6.07, 6.45) is -0.283. The average molecular weight is 333 g/mol. The first-order chi connectivity index (χ1) is 9.61. The highest BCUT2D eigenvalue weighted by Gasteiger charge is 2.30. The van der Waals surface area contributed by atoms with Gasteiger partial charge in [-0.2, -0.15) is 0 Å². The van der Waals surface area contributed by atoms with E-state index in [0.29, 0.717) is 4.34 Å². The number of nitrogens with one attached hydrogen (secondary N) is 2. The maximum absolute atomic E-state index is 11.7. The Labute approximate surface area is 131 Å². The highest BCUT2D eigenvalue weighted by Crippen LogP contribution is 2.26. The SMILES string of the molecule is CC(NC(=O)NC(=O)CC(C)(C)C(=O)O)c1ccc(Cl)s1. The molecule has 3 amide bonds. The lowest BCUT2D eigenvalue weighted by molar-refractivity contribution is -0.149. The Bertz CT molecular complexity index is 556. The standard InChI is InChI=1S/C13H17ClN2O4S/c1-7(8-4-5-9(14)21-8)15-12(20)16-10(17)6-13(2,3)11(18)19/h4-5,7H,6H2,1-3H3,(H,18,19)(H2,15,16,17,20). The third-order valence-electron chi connectivity index (χ3n) is 2.80. The molecule has 1 unspecified atom stereocenters. The first-order valence-electron chi connectivity index (χ1n) is 6.21. The molecule has 0 aliphatic carbocycles. The summed E-state index contributed by atoms with van der Waals surface area (Å²) in [6.45, 7) is 4.60. The van der Waals surface area contributed by atoms with Crippen LogP contribution in [0.1, 0.15) is 38.1 Å². The molecule has 3 N–H and O–H groups in total. The number of halogens is 1. The van der Waals surface area contributed by atoms with Gasteiger partial charge in [0.05, 0.1) is 15.8 Å². The van der Waals surface area contributed by atoms with Crippen LogP contribution in [0.4, 0.5) is 4.79 Å². The molecule has 1 heterocycles. The van der Waals surface area contributed by atoms with Gasteiger partial charge in [-0.15, -0.1) is 11.3 Å². The number of imide groups is 1. The van der Waals surface area contributed by atoms with Crippen LogP contribution in [0.5, 0.6) is 0 Å². The number of urea groups is 1. The van der Waals surface area contributed by atoms with Gasteiger partial charge in [-0.3, -0.25) is 14.9 Å². The first kappa shape index (κ1) is 17.5. The molecule has 0 aliphatic rings. The van der Waals surface area contributed by atoms with Crippen molar-refractivity contribution in [3.63, 3.8) is 0 Å². The van der Waals surface area contributed by atoms with Crippen LogP contribution in [0.2, 0.25) is 4.34 Å². The second-order valence-electron chi connectivity index (χ2n) is 5.25. The van der Waals surface area contributed by atoms with Gasteiger partial charge in [0, 0.05) is 11.3 Å². The Morgan fingerprint density at radius 2 is 2.00 bits per heavy atom. The predicted molar refractivity (Wildman–Crippen MR) is 80.5 cm³/mol. The summed E-state index contributed by atoms with van der Waals surface area (Å²) in [5.41, 5.74) is -1.22. The Balaban J connectivity index is 2.50. The van der Waals surface area contributed by atoms with E-state index in [0.717, 1.165) is 4.88 Å². The highest BCUT2D eigenvalue weighted by atomic mass is 35.5. The van der Waals surface area contributed by atoms with E-state index in [9.17, 15) is 14.4 Å². The number of carboxylic acid groups (broad SMARTS) is 1. The van der Waals surface area contributed by atoms with Crippen LogP contribution in [-0.2, 0) is 9.59 Å². The van der Waals surface area contributed by atoms with Crippen molar-refractivity contribution >= 4 is 40.8 Å². The van der Waals surface area contributed by atoms with Crippen LogP contribution in [0.3, 0.4) is 0 Å². The van der Waals surface area contributed by atoms with Crippen molar-refractivity contribution in [2.45, 2.75) is 33.2 Å². The van der Waals surface area contributed by atoms with Crippen LogP contribution in [0.25, 0.3) is 0 Å². The Morgan fingerprint density at radius 1 is 1.38 bits per heavy atom. The number of amides is 3. The molecular formula is C13H17ClN2O4S. The molecule has 0 saturated heterocycles. The van der Waals surface area contributed by atoms with E-state index in [4.69, 9.17) is 16.7 Å². The van der Waals surface area contributed by atoms with Crippen LogP contribution in [-0.4, -0.2) is 23.0 Å². The number of aliphatic carboxylic acids is 1. The van der Waals surface area contributed by atoms with Crippen molar-refractivity contribution in [2.24, 2.45) is 5.41 Å². The summed E-state index contributed by atoms with van der Waals surface area (Å²) in [7, 11) is 0. The van der Waals surface area contributed by atoms with E-state index in [-0.39, 0.29) is 12.5 Å². The normalized spacial score (nSPS) is 12.6. The van der Waals surface area contributed by atoms with Crippen LogP contribution in [0.15, 0.2) is 12.1 Å². The lowest BCUT2D eigenvalue weighted by atomic mass is 9.89. The second-order valence-corrected chi connectivity index (χ2v) is 7.00. The number of carboxylic acids is 1. The number of thiophene rings is 1. The van der Waals surface area contributed by atoms with Crippen LogP contribution < -0.4 is 10.6 Å². The smallest absolute Gasteiger partial charge is 0.321 e. The molecule has 6 nitrogen and oxygen atoms in total. The number of carbonyl (C=O) groups excluding carboxylic acids is 2. The predicted octanol–water partition coefficient (Wildman–Crippen LogP) is 2.79. The fraction of sp³-hybridized carbons (Fsp3) is 0.462. The maximum Gasteiger partial charge on any atom is 0.321 e. The summed E-state index contributed by atoms with van der Waals surface area (Å²) in [4.78, 5) is 35.1. The molecule has 0 spiro atoms. The largest absolute Gasteiger partial charge is 0.481 e. The molecule has 0 saturated carbocycles. The van der Waals surface area contributed by atoms with E-state index in [1.807, 2.05) is 0 Å². The van der Waals surface area contributed by atoms with Gasteiger partial charge in [0.15, 0.2) is 0 Å². The maximum atomic E-state index is 11.7. The fourth-order valence-electron chi connectivity index (χ4n) is 1.51. The molecule has 0 fully saturated rings. The van der Waals surface area contributed by atoms with Gasteiger partial charge in [-0.25, -0.2) is 4.79 Å². The van der Waals surface area contributed by atoms with Gasteiger partial charge in [0.2, 0.25) is 5.91 Å². The van der Waals surface area contributed by atoms with E-state index in [1.54, 1.807) is 19.1 Å². The van der Waals surface area contributed by atoms with Crippen molar-refractivity contribution in [3.8, 4) is 0 Å². The summed E-state index contributed by atoms with van der Waals surface area (Å²) in [5, 5.41) is 13.6. The van der Waals surface area contributed by atoms with Crippen molar-refractivity contribution in [1.29, 1.82) is 0 Å². The van der Waals surface area contributed by atoms with Gasteiger partial charge >= 0.3 is 12.0 Å². The quantitative estimate of drug-likeness (QED) is 0.772.